The molecule has 1 atom stereocenters. The first-order valence-electron chi connectivity index (χ1n) is 15.8. The van der Waals surface area contributed by atoms with Crippen molar-refractivity contribution in [3.8, 4) is 11.1 Å². The quantitative estimate of drug-likeness (QED) is 0.251. The summed E-state index contributed by atoms with van der Waals surface area (Å²) in [5.41, 5.74) is 13.1. The van der Waals surface area contributed by atoms with Crippen LogP contribution in [-0.4, -0.2) is 3.71 Å². The molecule has 0 amide bonds. The Labute approximate surface area is 301 Å². The van der Waals surface area contributed by atoms with Gasteiger partial charge in [0.25, 0.3) is 0 Å². The summed E-state index contributed by atoms with van der Waals surface area (Å²) in [6.07, 6.45) is 9.31. The van der Waals surface area contributed by atoms with E-state index in [1.54, 1.807) is 12.1 Å². The van der Waals surface area contributed by atoms with E-state index in [0.717, 1.165) is 18.4 Å². The summed E-state index contributed by atoms with van der Waals surface area (Å²) in [7, 11) is 0. The van der Waals surface area contributed by atoms with E-state index < -0.39 is 0 Å². The van der Waals surface area contributed by atoms with Crippen LogP contribution in [0.1, 0.15) is 117 Å². The Morgan fingerprint density at radius 3 is 1.87 bits per heavy atom. The van der Waals surface area contributed by atoms with Crippen molar-refractivity contribution < 1.29 is 53.4 Å². The van der Waals surface area contributed by atoms with Gasteiger partial charge < -0.3 is 24.8 Å². The van der Waals surface area contributed by atoms with Gasteiger partial charge in [-0.25, -0.2) is 5.57 Å². The van der Waals surface area contributed by atoms with Crippen LogP contribution in [0.25, 0.3) is 11.1 Å². The largest absolute Gasteiger partial charge is 1.00 e. The van der Waals surface area contributed by atoms with E-state index >= 15 is 0 Å². The smallest absolute Gasteiger partial charge is 1.00 e. The average molecular weight is 725 g/mol. The molecule has 2 aliphatic rings. The number of fused-ring (bicyclic) bond motifs is 3. The van der Waals surface area contributed by atoms with Gasteiger partial charge in [0.2, 0.25) is 0 Å². The number of rotatable bonds is 3. The Kier molecular flexibility index (Phi) is 15.6. The van der Waals surface area contributed by atoms with Crippen molar-refractivity contribution in [1.29, 1.82) is 0 Å². The Morgan fingerprint density at radius 2 is 1.40 bits per heavy atom. The zero-order valence-corrected chi connectivity index (χ0v) is 33.2. The summed E-state index contributed by atoms with van der Waals surface area (Å²) in [6.45, 7) is 24.9. The summed E-state index contributed by atoms with van der Waals surface area (Å²) in [5, 5.41) is 0. The molecule has 0 spiro atoms. The van der Waals surface area contributed by atoms with E-state index in [4.69, 9.17) is 0 Å². The van der Waals surface area contributed by atoms with Gasteiger partial charge in [-0.3, -0.25) is 6.08 Å². The molecule has 4 heteroatoms. The molecular weight excluding hydrogens is 674 g/mol. The summed E-state index contributed by atoms with van der Waals surface area (Å²) in [4.78, 5) is 0. The van der Waals surface area contributed by atoms with Crippen LogP contribution in [0.2, 0.25) is 0 Å². The van der Waals surface area contributed by atoms with Gasteiger partial charge >= 0.3 is 68.0 Å². The van der Waals surface area contributed by atoms with E-state index in [1.165, 1.54) is 87.3 Å². The van der Waals surface area contributed by atoms with Crippen LogP contribution >= 0.6 is 0 Å². The molecule has 0 fully saturated rings. The minimum absolute atomic E-state index is 0. The van der Waals surface area contributed by atoms with E-state index in [2.05, 4.69) is 125 Å². The molecule has 2 aliphatic carbocycles. The van der Waals surface area contributed by atoms with Crippen LogP contribution < -0.4 is 24.8 Å². The zero-order chi connectivity index (χ0) is 32.2. The average Bonchev–Trinajstić information content (AvgIpc) is 3.54. The molecule has 0 N–H and O–H groups in total. The van der Waals surface area contributed by atoms with Crippen molar-refractivity contribution >= 4 is 3.71 Å². The van der Waals surface area contributed by atoms with Gasteiger partial charge in [-0.05, 0) is 28.4 Å². The second kappa shape index (κ2) is 17.0. The third-order valence-electron chi connectivity index (χ3n) is 8.15. The number of allylic oxidation sites excluding steroid dienone is 4. The third-order valence-corrected chi connectivity index (χ3v) is 8.97. The van der Waals surface area contributed by atoms with Crippen molar-refractivity contribution in [2.45, 2.75) is 106 Å². The number of hydrogen-bond donors (Lipinski definition) is 0. The van der Waals surface area contributed by atoms with Gasteiger partial charge in [-0.1, -0.05) is 124 Å². The van der Waals surface area contributed by atoms with Gasteiger partial charge in [-0.2, -0.15) is 35.4 Å². The molecule has 0 aromatic heterocycles. The number of hydrogen-bond acceptors (Lipinski definition) is 0. The topological polar surface area (TPSA) is 0 Å². The molecule has 5 rings (SSSR count). The predicted octanol–water partition coefficient (Wildman–Crippen LogP) is 5.32. The van der Waals surface area contributed by atoms with E-state index in [1.807, 2.05) is 3.71 Å². The van der Waals surface area contributed by atoms with E-state index in [0.29, 0.717) is 11.3 Å². The molecule has 3 aromatic carbocycles. The fraction of sp³-hybridized carbons (Fsp3) is 0.439. The normalized spacial score (nSPS) is 15.0. The SMILES string of the molecule is CC(C)(C)c1[c-]c2c(cc1)-c1ccc(C(C)(C)C)cc1C2.CCC1=[C-]C(CC)C=C1C(C)(C)C.Fc1ccc([CH]=[Zr+2])cc1.[Cl-].[Cl-]. The summed E-state index contributed by atoms with van der Waals surface area (Å²) in [6, 6.07) is 21.6. The van der Waals surface area contributed by atoms with E-state index in [9.17, 15) is 4.39 Å². The molecule has 45 heavy (non-hydrogen) atoms. The molecule has 0 radical (unpaired) electrons. The fourth-order valence-corrected chi connectivity index (χ4v) is 5.92. The fourth-order valence-electron chi connectivity index (χ4n) is 5.45. The van der Waals surface area contributed by atoms with Crippen LogP contribution in [0.3, 0.4) is 0 Å². The molecule has 0 bridgehead atoms. The monoisotopic (exact) mass is 722 g/mol. The maximum Gasteiger partial charge on any atom is -1.00 e. The van der Waals surface area contributed by atoms with Gasteiger partial charge in [0.05, 0.1) is 0 Å². The first kappa shape index (κ1) is 41.4. The van der Waals surface area contributed by atoms with Crippen molar-refractivity contribution in [3.63, 3.8) is 0 Å². The van der Waals surface area contributed by atoms with Crippen molar-refractivity contribution in [3.05, 3.63) is 118 Å². The molecule has 0 saturated heterocycles. The molecule has 0 aliphatic heterocycles. The molecule has 3 aromatic rings. The molecular formula is C41H51Cl2FZr-2. The zero-order valence-electron chi connectivity index (χ0n) is 29.2. The van der Waals surface area contributed by atoms with Crippen molar-refractivity contribution in [2.75, 3.05) is 0 Å². The molecule has 1 unspecified atom stereocenters. The molecule has 0 saturated carbocycles. The Bertz CT molecular complexity index is 1410. The van der Waals surface area contributed by atoms with Crippen LogP contribution in [-0.2, 0) is 41.5 Å². The van der Waals surface area contributed by atoms with Crippen LogP contribution in [0.15, 0.2) is 71.8 Å². The summed E-state index contributed by atoms with van der Waals surface area (Å²) in [5.74, 6) is 0.403. The first-order valence-corrected chi connectivity index (χ1v) is 17.2. The van der Waals surface area contributed by atoms with Crippen molar-refractivity contribution in [2.24, 2.45) is 11.3 Å². The third kappa shape index (κ3) is 11.3. The second-order valence-electron chi connectivity index (χ2n) is 14.8. The minimum atomic E-state index is -0.170. The van der Waals surface area contributed by atoms with E-state index in [-0.39, 0.29) is 41.5 Å². The summed E-state index contributed by atoms with van der Waals surface area (Å²) < 4.78 is 14.2. The number of halogens is 3. The van der Waals surface area contributed by atoms with Gasteiger partial charge in [0, 0.05) is 0 Å². The second-order valence-corrected chi connectivity index (χ2v) is 15.5. The van der Waals surface area contributed by atoms with Crippen LogP contribution in [0.4, 0.5) is 4.39 Å². The molecule has 242 valence electrons. The Hall–Kier alpha value is -1.60. The van der Waals surface area contributed by atoms with Crippen LogP contribution in [0.5, 0.6) is 0 Å². The van der Waals surface area contributed by atoms with Crippen molar-refractivity contribution in [1.82, 2.24) is 0 Å². The van der Waals surface area contributed by atoms with Gasteiger partial charge in [-0.15, -0.1) is 11.1 Å². The number of benzene rings is 3. The maximum absolute atomic E-state index is 12.2. The predicted molar refractivity (Wildman–Crippen MR) is 181 cm³/mol. The maximum atomic E-state index is 12.2. The standard InChI is InChI=1S/C21H25.C13H21.C7H5F.2ClH.Zr/c1-20(2,3)16-7-9-18-14(12-16)11-15-13-17(21(4,5)6)8-10-19(15)18;1-6-10-8-11(7-2)12(9-10)13(3,4)5;1-6-2-4-7(8)5-3-6;;;/h7-10,12H,11H2,1-6H3;9-10H,6-7H2,1-5H3;1-5H;2*1H;/q2*-1;;;;+2/p-2. The minimum Gasteiger partial charge on any atom is -1.00 e. The van der Waals surface area contributed by atoms with Gasteiger partial charge in [0.1, 0.15) is 0 Å². The summed E-state index contributed by atoms with van der Waals surface area (Å²) >= 11 is 1.34. The molecule has 0 nitrogen and oxygen atoms in total. The Morgan fingerprint density at radius 1 is 0.800 bits per heavy atom. The van der Waals surface area contributed by atoms with Gasteiger partial charge in [0.15, 0.2) is 0 Å². The first-order chi connectivity index (χ1) is 20.0. The molecule has 0 heterocycles. The van der Waals surface area contributed by atoms with Crippen LogP contribution in [0, 0.1) is 29.3 Å². The Balaban J connectivity index is 0.000000363.